The summed E-state index contributed by atoms with van der Waals surface area (Å²) >= 11 is 0. The average molecular weight is 1710 g/mol. The Morgan fingerprint density at radius 1 is 0.304 bits per heavy atom. The van der Waals surface area contributed by atoms with Gasteiger partial charge in [-0.3, -0.25) is 0 Å². The summed E-state index contributed by atoms with van der Waals surface area (Å²) in [5, 5.41) is 28.6. The van der Waals surface area contributed by atoms with Crippen LogP contribution in [0.4, 0.5) is 23.2 Å². The van der Waals surface area contributed by atoms with E-state index in [1.165, 1.54) is 44.3 Å². The lowest BCUT2D eigenvalue weighted by molar-refractivity contribution is 0.187. The molecule has 1 saturated heterocycles. The Hall–Kier alpha value is -11.0. The van der Waals surface area contributed by atoms with E-state index >= 15 is 0 Å². The average Bonchev–Trinajstić information content (AvgIpc) is 0.448. The van der Waals surface area contributed by atoms with E-state index < -0.39 is 29.0 Å². The maximum atomic E-state index is 13.1. The molecule has 0 aliphatic carbocycles. The fourth-order valence-corrected chi connectivity index (χ4v) is 11.1. The molecule has 10 aromatic carbocycles. The first kappa shape index (κ1) is 108. The molecule has 0 N–H and O–H groups in total. The van der Waals surface area contributed by atoms with Crippen molar-refractivity contribution in [3.63, 3.8) is 0 Å². The van der Waals surface area contributed by atoms with E-state index in [-0.39, 0.29) is 55.3 Å². The van der Waals surface area contributed by atoms with Crippen molar-refractivity contribution in [3.8, 4) is 58.5 Å². The van der Waals surface area contributed by atoms with Crippen LogP contribution in [-0.2, 0) is 27.1 Å². The van der Waals surface area contributed by atoms with Crippen LogP contribution in [-0.4, -0.2) is 85.9 Å². The van der Waals surface area contributed by atoms with Gasteiger partial charge in [0.1, 0.15) is 34.5 Å². The third-order valence-electron chi connectivity index (χ3n) is 18.7. The number of halogens is 4. The van der Waals surface area contributed by atoms with E-state index in [1.54, 1.807) is 54.2 Å². The number of ether oxygens (including phenoxy) is 7. The van der Waals surface area contributed by atoms with Crippen molar-refractivity contribution in [2.45, 2.75) is 214 Å². The van der Waals surface area contributed by atoms with Gasteiger partial charge in [0.15, 0.2) is 17.4 Å². The van der Waals surface area contributed by atoms with Crippen LogP contribution in [0.3, 0.4) is 0 Å². The number of methoxy groups -OCH3 is 3. The van der Waals surface area contributed by atoms with Crippen molar-refractivity contribution in [1.82, 2.24) is 4.90 Å². The molecule has 125 heavy (non-hydrogen) atoms. The van der Waals surface area contributed by atoms with Gasteiger partial charge in [-0.15, -0.1) is 0 Å². The van der Waals surface area contributed by atoms with Crippen molar-refractivity contribution in [2.24, 2.45) is 21.7 Å². The highest BCUT2D eigenvalue weighted by atomic mass is 19.2. The quantitative estimate of drug-likeness (QED) is 0.0653. The predicted molar refractivity (Wildman–Crippen MR) is 512 cm³/mol. The fourth-order valence-electron chi connectivity index (χ4n) is 11.1. The zero-order chi connectivity index (χ0) is 94.5. The highest BCUT2D eigenvalue weighted by Crippen LogP contribution is 2.34. The van der Waals surface area contributed by atoms with E-state index in [0.29, 0.717) is 18.2 Å². The van der Waals surface area contributed by atoms with Gasteiger partial charge in [0, 0.05) is 44.0 Å². The van der Waals surface area contributed by atoms with Crippen LogP contribution < -0.4 is 38.1 Å². The van der Waals surface area contributed by atoms with Gasteiger partial charge in [0.2, 0.25) is 11.6 Å². The van der Waals surface area contributed by atoms with Gasteiger partial charge in [0.25, 0.3) is 0 Å². The fraction of sp³-hybridized carbons (Fsp3) is 0.440. The highest BCUT2D eigenvalue weighted by Gasteiger charge is 2.24. The van der Waals surface area contributed by atoms with E-state index in [4.69, 9.17) is 48.9 Å². The summed E-state index contributed by atoms with van der Waals surface area (Å²) in [5.41, 5.74) is 11.1. The van der Waals surface area contributed by atoms with Gasteiger partial charge in [-0.05, 0) is 204 Å². The molecule has 0 bridgehead atoms. The molecule has 11 rings (SSSR count). The Bertz CT molecular complexity index is 4920. The summed E-state index contributed by atoms with van der Waals surface area (Å²) in [5.74, 6) is -1.95. The summed E-state index contributed by atoms with van der Waals surface area (Å²) in [6, 6.07) is 77.2. The van der Waals surface area contributed by atoms with Crippen LogP contribution in [0.2, 0.25) is 0 Å². The number of hydrogen-bond acceptors (Lipinski definition) is 12. The topological polar surface area (TPSA) is 142 Å². The van der Waals surface area contributed by atoms with Crippen LogP contribution in [0.25, 0.3) is 10.8 Å². The van der Waals surface area contributed by atoms with Gasteiger partial charge in [-0.2, -0.15) is 20.2 Å². The van der Waals surface area contributed by atoms with E-state index in [1.807, 2.05) is 115 Å². The third kappa shape index (κ3) is 43.0. The lowest BCUT2D eigenvalue weighted by Gasteiger charge is -2.34. The van der Waals surface area contributed by atoms with Crippen LogP contribution in [0.1, 0.15) is 231 Å². The first-order chi connectivity index (χ1) is 57.9. The van der Waals surface area contributed by atoms with Gasteiger partial charge in [-0.25, -0.2) is 13.2 Å². The Kier molecular flexibility index (Phi) is 43.0. The highest BCUT2D eigenvalue weighted by molar-refractivity contribution is 5.86. The molecule has 1 fully saturated rings. The second-order valence-corrected chi connectivity index (χ2v) is 40.9. The molecule has 0 amide bonds. The molecule has 10 aromatic rings. The molecular weight excluding hydrogens is 1570 g/mol. The number of nitriles is 3. The summed E-state index contributed by atoms with van der Waals surface area (Å²) in [4.78, 5) is 4.81. The Morgan fingerprint density at radius 3 is 1.08 bits per heavy atom. The number of likely N-dealkylation sites (N-methyl/N-ethyl adjacent to an activating group) is 1. The molecule has 0 atom stereocenters. The smallest absolute Gasteiger partial charge is 0.203 e. The van der Waals surface area contributed by atoms with Crippen molar-refractivity contribution < 1.29 is 50.7 Å². The van der Waals surface area contributed by atoms with Crippen LogP contribution >= 0.6 is 0 Å². The van der Waals surface area contributed by atoms with E-state index in [0.717, 1.165) is 85.0 Å². The molecule has 1 heterocycles. The third-order valence-corrected chi connectivity index (χ3v) is 18.7. The van der Waals surface area contributed by atoms with Gasteiger partial charge in [0.05, 0.1) is 82.7 Å². The zero-order valence-corrected chi connectivity index (χ0v) is 81.0. The standard InChI is InChI=1S/C16H26N2O.C14H16.C12H15NO.C12H18O2.C11H12F4O.2C11H13N.2C11H16O/c1-16(2,3)13-19-15-7-5-14(6-8-15)18-11-9-17(4)10-12-18;1-14(2,3)13-10-6-8-11-7-4-5-9-12(11)13;1-12(2,3)9-14-11-6-4-10(8-13)5-7-11;1-12(2,3)9-6-10(13-4)8-11(7-9)14-5;1-11(2,3)5-16-7-4-6(12)8(13)10(15)9(7)14;1-11(2,3)10-6-4-9(8-12)5-7-10;1-11(2,3)10-6-4-5-9(7-10)8-12;1-11(2,3)9-5-7-10(12-4)8-6-9;1-11(2,3)9-12-10-7-5-4-6-8-10/h5-8H,9-13H2,1-4H3;4-10H,1-3H3;4-7H,9H2,1-3H3;6-8H,1-5H3;4H,5H2,1-3H3;2*4-7H,1-3H3;5-8H,1-4H3;4-8H,9H2,1-3H3. The molecule has 0 aromatic heterocycles. The normalized spacial score (nSPS) is 12.2. The molecule has 0 saturated carbocycles. The summed E-state index contributed by atoms with van der Waals surface area (Å²) < 4.78 is 88.6. The minimum atomic E-state index is -1.86. The number of para-hydroxylation sites is 1. The van der Waals surface area contributed by atoms with Gasteiger partial charge < -0.3 is 43.0 Å². The lowest BCUT2D eigenvalue weighted by atomic mass is 9.84. The number of hydrogen-bond donors (Lipinski definition) is 0. The second kappa shape index (κ2) is 49.6. The molecule has 676 valence electrons. The number of fused-ring (bicyclic) bond motifs is 1. The molecule has 16 heteroatoms. The van der Waals surface area contributed by atoms with Gasteiger partial charge in [-0.1, -0.05) is 284 Å². The molecule has 1 aliphatic rings. The van der Waals surface area contributed by atoms with E-state index in [2.05, 4.69) is 286 Å². The molecule has 0 spiro atoms. The lowest BCUT2D eigenvalue weighted by Crippen LogP contribution is -2.44. The van der Waals surface area contributed by atoms with Crippen molar-refractivity contribution in [1.29, 1.82) is 15.8 Å². The Balaban J connectivity index is 0.000000364. The molecule has 1 aliphatic heterocycles. The maximum absolute atomic E-state index is 13.1. The molecule has 0 unspecified atom stereocenters. The number of rotatable bonds is 12. The summed E-state index contributed by atoms with van der Waals surface area (Å²) in [6.45, 7) is 64.4. The monoisotopic (exact) mass is 1710 g/mol. The Labute approximate surface area is 749 Å². The summed E-state index contributed by atoms with van der Waals surface area (Å²) in [7, 11) is 7.20. The largest absolute Gasteiger partial charge is 0.497 e. The van der Waals surface area contributed by atoms with Crippen LogP contribution in [0.5, 0.6) is 40.2 Å². The summed E-state index contributed by atoms with van der Waals surface area (Å²) in [6.07, 6.45) is 0. The number of nitrogens with zero attached hydrogens (tertiary/aromatic N) is 5. The maximum Gasteiger partial charge on any atom is 0.203 e. The number of benzene rings is 10. The minimum Gasteiger partial charge on any atom is -0.497 e. The van der Waals surface area contributed by atoms with Crippen LogP contribution in [0.15, 0.2) is 218 Å². The van der Waals surface area contributed by atoms with Crippen molar-refractivity contribution in [2.75, 3.05) is 85.9 Å². The predicted octanol–water partition coefficient (Wildman–Crippen LogP) is 28.5. The zero-order valence-electron chi connectivity index (χ0n) is 81.0. The van der Waals surface area contributed by atoms with E-state index in [9.17, 15) is 17.6 Å². The Morgan fingerprint density at radius 2 is 0.672 bits per heavy atom. The first-order valence-corrected chi connectivity index (χ1v) is 42.7. The SMILES string of the molecule is CC(C)(C)COc1cc(F)c(F)c(F)c1F.CC(C)(C)COc1ccc(C#N)cc1.CC(C)(C)COc1ccccc1.CC(C)(C)c1ccc(C#N)cc1.CC(C)(C)c1cccc(C#N)c1.CC(C)(C)c1cccc2ccccc12.CN1CCN(c2ccc(OCC(C)(C)C)cc2)CC1.COc1cc(OC)cc(C(C)(C)C)c1.COc1ccc(C(C)(C)C)cc1. The minimum absolute atomic E-state index is 0.0639. The number of anilines is 1. The van der Waals surface area contributed by atoms with Crippen LogP contribution in [0, 0.1) is 78.9 Å². The molecule has 12 nitrogen and oxygen atoms in total. The van der Waals surface area contributed by atoms with Crippen molar-refractivity contribution in [3.05, 3.63) is 286 Å². The van der Waals surface area contributed by atoms with Gasteiger partial charge >= 0.3 is 0 Å². The second-order valence-electron chi connectivity index (χ2n) is 40.9. The van der Waals surface area contributed by atoms with Crippen molar-refractivity contribution >= 4 is 16.5 Å². The molecular formula is C109H145F4N5O7. The molecule has 0 radical (unpaired) electrons. The number of piperazine rings is 1. The first-order valence-electron chi connectivity index (χ1n) is 42.7.